The molecule has 110 valence electrons. The molecule has 0 aromatic heterocycles. The number of aliphatic carboxylic acids is 1. The summed E-state index contributed by atoms with van der Waals surface area (Å²) in [7, 11) is 0. The molecule has 1 aromatic rings. The lowest BCUT2D eigenvalue weighted by molar-refractivity contribution is -0.138. The van der Waals surface area contributed by atoms with Gasteiger partial charge in [0.2, 0.25) is 0 Å². The van der Waals surface area contributed by atoms with E-state index in [1.807, 2.05) is 19.9 Å². The van der Waals surface area contributed by atoms with E-state index in [1.165, 1.54) is 0 Å². The van der Waals surface area contributed by atoms with Gasteiger partial charge in [-0.05, 0) is 29.2 Å². The number of hydrogen-bond acceptors (Lipinski definition) is 4. The molecule has 0 radical (unpaired) electrons. The number of nitrogens with two attached hydrogens (primary N) is 1. The molecule has 1 aliphatic rings. The first kappa shape index (κ1) is 14.7. The van der Waals surface area contributed by atoms with Gasteiger partial charge in [-0.25, -0.2) is 0 Å². The van der Waals surface area contributed by atoms with Gasteiger partial charge in [-0.2, -0.15) is 0 Å². The number of carboxylic acid groups (broad SMARTS) is 1. The van der Waals surface area contributed by atoms with E-state index in [4.69, 9.17) is 15.2 Å². The first-order valence-corrected chi connectivity index (χ1v) is 6.91. The van der Waals surface area contributed by atoms with E-state index in [0.717, 1.165) is 17.5 Å². The second kappa shape index (κ2) is 6.13. The normalized spacial score (nSPS) is 15.8. The van der Waals surface area contributed by atoms with Gasteiger partial charge in [0.25, 0.3) is 0 Å². The van der Waals surface area contributed by atoms with Gasteiger partial charge >= 0.3 is 5.97 Å². The number of fused-ring (bicyclic) bond motifs is 1. The van der Waals surface area contributed by atoms with Crippen LogP contribution in [0.2, 0.25) is 0 Å². The average Bonchev–Trinajstić information content (AvgIpc) is 2.62. The first-order valence-electron chi connectivity index (χ1n) is 6.91. The van der Waals surface area contributed by atoms with Crippen molar-refractivity contribution in [1.29, 1.82) is 0 Å². The molecule has 1 atom stereocenters. The summed E-state index contributed by atoms with van der Waals surface area (Å²) >= 11 is 0. The van der Waals surface area contributed by atoms with Crippen molar-refractivity contribution in [1.82, 2.24) is 0 Å². The van der Waals surface area contributed by atoms with E-state index in [0.29, 0.717) is 24.7 Å². The second-order valence-electron chi connectivity index (χ2n) is 5.26. The highest BCUT2D eigenvalue weighted by molar-refractivity contribution is 5.77. The van der Waals surface area contributed by atoms with Crippen molar-refractivity contribution in [3.8, 4) is 11.5 Å². The highest BCUT2D eigenvalue weighted by Crippen LogP contribution is 2.38. The van der Waals surface area contributed by atoms with Crippen LogP contribution in [0.15, 0.2) is 12.1 Å². The fourth-order valence-electron chi connectivity index (χ4n) is 2.40. The molecule has 0 fully saturated rings. The predicted molar refractivity (Wildman–Crippen MR) is 75.6 cm³/mol. The zero-order chi connectivity index (χ0) is 14.7. The maximum absolute atomic E-state index is 11.4. The summed E-state index contributed by atoms with van der Waals surface area (Å²) in [5, 5.41) is 9.34. The third kappa shape index (κ3) is 2.88. The molecule has 0 saturated heterocycles. The van der Waals surface area contributed by atoms with Gasteiger partial charge in [0.1, 0.15) is 0 Å². The van der Waals surface area contributed by atoms with Crippen LogP contribution in [0.4, 0.5) is 0 Å². The van der Waals surface area contributed by atoms with Crippen LogP contribution in [0, 0.1) is 0 Å². The molecule has 1 heterocycles. The molecular weight excluding hydrogens is 258 g/mol. The highest BCUT2D eigenvalue weighted by atomic mass is 16.5. The standard InChI is InChI=1S/C15H21NO4/c1-9(2)10-6-13-14(20-5-3-4-19-13)7-11(10)12(8-16)15(17)18/h6-7,9,12H,3-5,8,16H2,1-2H3,(H,17,18). The van der Waals surface area contributed by atoms with E-state index in [1.54, 1.807) is 6.07 Å². The largest absolute Gasteiger partial charge is 0.490 e. The predicted octanol–water partition coefficient (Wildman–Crippen LogP) is 2.10. The Balaban J connectivity index is 2.53. The van der Waals surface area contributed by atoms with Crippen molar-refractivity contribution in [3.63, 3.8) is 0 Å². The lowest BCUT2D eigenvalue weighted by atomic mass is 9.88. The number of carboxylic acids is 1. The Labute approximate surface area is 118 Å². The molecule has 1 aliphatic heterocycles. The topological polar surface area (TPSA) is 81.8 Å². The van der Waals surface area contributed by atoms with Crippen molar-refractivity contribution in [2.24, 2.45) is 5.73 Å². The summed E-state index contributed by atoms with van der Waals surface area (Å²) < 4.78 is 11.3. The van der Waals surface area contributed by atoms with Crippen molar-refractivity contribution in [2.45, 2.75) is 32.1 Å². The zero-order valence-electron chi connectivity index (χ0n) is 11.9. The number of rotatable bonds is 4. The van der Waals surface area contributed by atoms with Crippen LogP contribution >= 0.6 is 0 Å². The van der Waals surface area contributed by atoms with Crippen molar-refractivity contribution >= 4 is 5.97 Å². The number of carbonyl (C=O) groups is 1. The van der Waals surface area contributed by atoms with Crippen molar-refractivity contribution in [3.05, 3.63) is 23.3 Å². The van der Waals surface area contributed by atoms with Crippen LogP contribution in [0.1, 0.15) is 43.2 Å². The van der Waals surface area contributed by atoms with E-state index < -0.39 is 11.9 Å². The molecule has 2 rings (SSSR count). The van der Waals surface area contributed by atoms with Crippen molar-refractivity contribution < 1.29 is 19.4 Å². The molecule has 3 N–H and O–H groups in total. The number of hydrogen-bond donors (Lipinski definition) is 2. The average molecular weight is 279 g/mol. The summed E-state index contributed by atoms with van der Waals surface area (Å²) in [4.78, 5) is 11.4. The van der Waals surface area contributed by atoms with Gasteiger partial charge < -0.3 is 20.3 Å². The van der Waals surface area contributed by atoms with Gasteiger partial charge in [-0.1, -0.05) is 13.8 Å². The summed E-state index contributed by atoms with van der Waals surface area (Å²) in [5.74, 6) is -0.137. The second-order valence-corrected chi connectivity index (χ2v) is 5.26. The zero-order valence-corrected chi connectivity index (χ0v) is 11.9. The Bertz CT molecular complexity index is 499. The molecule has 0 aliphatic carbocycles. The maximum Gasteiger partial charge on any atom is 0.312 e. The highest BCUT2D eigenvalue weighted by Gasteiger charge is 2.25. The monoisotopic (exact) mass is 279 g/mol. The number of benzene rings is 1. The van der Waals surface area contributed by atoms with Crippen LogP contribution in [-0.4, -0.2) is 30.8 Å². The van der Waals surface area contributed by atoms with Crippen molar-refractivity contribution in [2.75, 3.05) is 19.8 Å². The molecule has 1 aromatic carbocycles. The Morgan fingerprint density at radius 1 is 1.25 bits per heavy atom. The van der Waals surface area contributed by atoms with E-state index in [2.05, 4.69) is 0 Å². The third-order valence-electron chi connectivity index (χ3n) is 3.48. The van der Waals surface area contributed by atoms with Crippen LogP contribution in [0.5, 0.6) is 11.5 Å². The van der Waals surface area contributed by atoms with E-state index >= 15 is 0 Å². The number of ether oxygens (including phenoxy) is 2. The molecule has 5 nitrogen and oxygen atoms in total. The molecule has 20 heavy (non-hydrogen) atoms. The smallest absolute Gasteiger partial charge is 0.312 e. The molecule has 5 heteroatoms. The Hall–Kier alpha value is -1.75. The molecule has 0 amide bonds. The van der Waals surface area contributed by atoms with Crippen LogP contribution in [0.3, 0.4) is 0 Å². The quantitative estimate of drug-likeness (QED) is 0.882. The molecule has 1 unspecified atom stereocenters. The first-order chi connectivity index (χ1) is 9.54. The summed E-state index contributed by atoms with van der Waals surface area (Å²) in [6.45, 7) is 5.31. The maximum atomic E-state index is 11.4. The molecule has 0 spiro atoms. The van der Waals surface area contributed by atoms with E-state index in [-0.39, 0.29) is 12.5 Å². The van der Waals surface area contributed by atoms with E-state index in [9.17, 15) is 9.90 Å². The van der Waals surface area contributed by atoms with Crippen LogP contribution in [0.25, 0.3) is 0 Å². The Morgan fingerprint density at radius 3 is 2.25 bits per heavy atom. The minimum Gasteiger partial charge on any atom is -0.490 e. The van der Waals surface area contributed by atoms with Gasteiger partial charge in [0, 0.05) is 13.0 Å². The lowest BCUT2D eigenvalue weighted by Crippen LogP contribution is -2.22. The Kier molecular flexibility index (Phi) is 4.49. The third-order valence-corrected chi connectivity index (χ3v) is 3.48. The van der Waals surface area contributed by atoms with Gasteiger partial charge in [0.15, 0.2) is 11.5 Å². The fourth-order valence-corrected chi connectivity index (χ4v) is 2.40. The summed E-state index contributed by atoms with van der Waals surface area (Å²) in [6.07, 6.45) is 0.820. The van der Waals surface area contributed by atoms with Gasteiger partial charge in [-0.3, -0.25) is 4.79 Å². The SMILES string of the molecule is CC(C)c1cc2c(cc1C(CN)C(=O)O)OCCCO2. The van der Waals surface area contributed by atoms with Gasteiger partial charge in [-0.15, -0.1) is 0 Å². The molecule has 0 saturated carbocycles. The van der Waals surface area contributed by atoms with Crippen LogP contribution < -0.4 is 15.2 Å². The lowest BCUT2D eigenvalue weighted by Gasteiger charge is -2.20. The minimum absolute atomic E-state index is 0.0642. The molecule has 0 bridgehead atoms. The summed E-state index contributed by atoms with van der Waals surface area (Å²) in [6, 6.07) is 3.67. The minimum atomic E-state index is -0.913. The van der Waals surface area contributed by atoms with Gasteiger partial charge in [0.05, 0.1) is 19.1 Å². The molecular formula is C15H21NO4. The Morgan fingerprint density at radius 2 is 1.80 bits per heavy atom. The van der Waals surface area contributed by atoms with Crippen LogP contribution in [-0.2, 0) is 4.79 Å². The fraction of sp³-hybridized carbons (Fsp3) is 0.533. The summed E-state index contributed by atoms with van der Waals surface area (Å²) in [5.41, 5.74) is 7.30.